The summed E-state index contributed by atoms with van der Waals surface area (Å²) in [5.74, 6) is -0.333. The van der Waals surface area contributed by atoms with E-state index in [9.17, 15) is 9.59 Å². The van der Waals surface area contributed by atoms with Gasteiger partial charge in [-0.2, -0.15) is 0 Å². The second-order valence-corrected chi connectivity index (χ2v) is 5.86. The Labute approximate surface area is 136 Å². The van der Waals surface area contributed by atoms with Gasteiger partial charge in [-0.25, -0.2) is 0 Å². The highest BCUT2D eigenvalue weighted by Gasteiger charge is 2.11. The summed E-state index contributed by atoms with van der Waals surface area (Å²) in [7, 11) is 0. The Bertz CT molecular complexity index is 794. The van der Waals surface area contributed by atoms with Crippen molar-refractivity contribution < 1.29 is 4.79 Å². The van der Waals surface area contributed by atoms with Crippen LogP contribution in [0.25, 0.3) is 0 Å². The first-order chi connectivity index (χ1) is 10.5. The van der Waals surface area contributed by atoms with Crippen LogP contribution in [0.5, 0.6) is 0 Å². The van der Waals surface area contributed by atoms with Gasteiger partial charge in [-0.1, -0.05) is 22.9 Å². The van der Waals surface area contributed by atoms with Crippen molar-refractivity contribution >= 4 is 34.5 Å². The van der Waals surface area contributed by atoms with Crippen molar-refractivity contribution in [2.24, 2.45) is 4.99 Å². The van der Waals surface area contributed by atoms with Crippen LogP contribution in [0.4, 0.5) is 5.69 Å². The fraction of sp³-hybridized carbons (Fsp3) is 0.267. The van der Waals surface area contributed by atoms with E-state index in [1.807, 2.05) is 13.8 Å². The molecule has 0 unspecified atom stereocenters. The second kappa shape index (κ2) is 7.38. The van der Waals surface area contributed by atoms with E-state index >= 15 is 0 Å². The number of nitrogens with one attached hydrogen (secondary N) is 1. The molecule has 7 heteroatoms. The van der Waals surface area contributed by atoms with E-state index in [2.05, 4.69) is 10.3 Å². The summed E-state index contributed by atoms with van der Waals surface area (Å²) in [6, 6.07) is 8.13. The van der Waals surface area contributed by atoms with Crippen molar-refractivity contribution in [3.05, 3.63) is 55.4 Å². The summed E-state index contributed by atoms with van der Waals surface area (Å²) in [5.41, 5.74) is 0.393. The van der Waals surface area contributed by atoms with Crippen LogP contribution < -0.4 is 15.7 Å². The first-order valence-corrected chi connectivity index (χ1v) is 8.07. The average Bonchev–Trinajstić information content (AvgIpc) is 2.49. The molecule has 0 aliphatic rings. The van der Waals surface area contributed by atoms with Crippen molar-refractivity contribution in [3.8, 4) is 0 Å². The summed E-state index contributed by atoms with van der Waals surface area (Å²) >= 11 is 7.01. The number of amides is 1. The predicted octanol–water partition coefficient (Wildman–Crippen LogP) is 2.76. The Hall–Kier alpha value is -1.92. The topological polar surface area (TPSA) is 63.5 Å². The van der Waals surface area contributed by atoms with E-state index in [0.717, 1.165) is 0 Å². The van der Waals surface area contributed by atoms with Crippen LogP contribution >= 0.6 is 22.9 Å². The molecule has 116 valence electrons. The lowest BCUT2D eigenvalue weighted by molar-refractivity contribution is 0.103. The predicted molar refractivity (Wildman–Crippen MR) is 89.8 cm³/mol. The summed E-state index contributed by atoms with van der Waals surface area (Å²) in [6.45, 7) is 4.83. The van der Waals surface area contributed by atoms with Gasteiger partial charge in [-0.15, -0.1) is 0 Å². The van der Waals surface area contributed by atoms with Gasteiger partial charge < -0.3 is 5.32 Å². The molecule has 1 amide bonds. The molecule has 0 aliphatic carbocycles. The fourth-order valence-electron chi connectivity index (χ4n) is 1.85. The normalized spacial score (nSPS) is 11.5. The van der Waals surface area contributed by atoms with E-state index in [-0.39, 0.29) is 11.5 Å². The lowest BCUT2D eigenvalue weighted by atomic mass is 10.3. The van der Waals surface area contributed by atoms with E-state index in [1.165, 1.54) is 17.4 Å². The van der Waals surface area contributed by atoms with E-state index in [1.54, 1.807) is 28.8 Å². The molecule has 0 aliphatic heterocycles. The van der Waals surface area contributed by atoms with Crippen LogP contribution in [-0.4, -0.2) is 17.0 Å². The number of hydrogen-bond donors (Lipinski definition) is 1. The SMILES string of the molecule is CCN=c1sc(C(=O)Nc2ccc(Cl)cc2)cc(=O)n1CC. The molecule has 0 atom stereocenters. The zero-order valence-corrected chi connectivity index (χ0v) is 13.9. The number of nitrogens with zero attached hydrogens (tertiary/aromatic N) is 2. The zero-order chi connectivity index (χ0) is 16.1. The van der Waals surface area contributed by atoms with Crippen LogP contribution in [0.15, 0.2) is 40.1 Å². The summed E-state index contributed by atoms with van der Waals surface area (Å²) in [6.07, 6.45) is 0. The largest absolute Gasteiger partial charge is 0.321 e. The summed E-state index contributed by atoms with van der Waals surface area (Å²) in [5, 5.41) is 3.34. The highest BCUT2D eigenvalue weighted by Crippen LogP contribution is 2.14. The molecule has 1 N–H and O–H groups in total. The molecule has 0 saturated carbocycles. The maximum atomic E-state index is 12.3. The highest BCUT2D eigenvalue weighted by molar-refractivity contribution is 7.11. The monoisotopic (exact) mass is 337 g/mol. The molecule has 2 rings (SSSR count). The Kier molecular flexibility index (Phi) is 5.51. The van der Waals surface area contributed by atoms with Crippen molar-refractivity contribution in [1.82, 2.24) is 4.57 Å². The molecule has 0 fully saturated rings. The number of rotatable bonds is 4. The average molecular weight is 338 g/mol. The molecule has 1 heterocycles. The molecule has 0 bridgehead atoms. The number of carbonyl (C=O) groups excluding carboxylic acids is 1. The number of carbonyl (C=O) groups is 1. The standard InChI is InChI=1S/C15H16ClN3O2S/c1-3-17-15-19(4-2)13(20)9-12(22-15)14(21)18-11-7-5-10(16)6-8-11/h5-9H,3-4H2,1-2H3,(H,18,21). The van der Waals surface area contributed by atoms with Crippen LogP contribution in [0.1, 0.15) is 23.5 Å². The zero-order valence-electron chi connectivity index (χ0n) is 12.3. The minimum Gasteiger partial charge on any atom is -0.321 e. The molecular formula is C15H16ClN3O2S. The Morgan fingerprint density at radius 2 is 2.00 bits per heavy atom. The third-order valence-electron chi connectivity index (χ3n) is 2.89. The van der Waals surface area contributed by atoms with Gasteiger partial charge in [-0.05, 0) is 38.1 Å². The quantitative estimate of drug-likeness (QED) is 0.932. The van der Waals surface area contributed by atoms with E-state index in [4.69, 9.17) is 11.6 Å². The lowest BCUT2D eigenvalue weighted by Gasteiger charge is -2.07. The summed E-state index contributed by atoms with van der Waals surface area (Å²) in [4.78, 5) is 29.5. The molecule has 0 radical (unpaired) electrons. The van der Waals surface area contributed by atoms with Gasteiger partial charge in [0.05, 0.1) is 0 Å². The summed E-state index contributed by atoms with van der Waals surface area (Å²) < 4.78 is 1.55. The maximum absolute atomic E-state index is 12.3. The smallest absolute Gasteiger partial charge is 0.266 e. The minimum absolute atomic E-state index is 0.227. The van der Waals surface area contributed by atoms with Gasteiger partial charge in [-0.3, -0.25) is 19.1 Å². The van der Waals surface area contributed by atoms with E-state index < -0.39 is 0 Å². The molecule has 1 aromatic carbocycles. The Balaban J connectivity index is 2.36. The van der Waals surface area contributed by atoms with Crippen LogP contribution in [0.3, 0.4) is 0 Å². The number of anilines is 1. The number of halogens is 1. The van der Waals surface area contributed by atoms with Crippen molar-refractivity contribution in [2.45, 2.75) is 20.4 Å². The first kappa shape index (κ1) is 16.5. The van der Waals surface area contributed by atoms with Gasteiger partial charge >= 0.3 is 0 Å². The van der Waals surface area contributed by atoms with Crippen LogP contribution in [-0.2, 0) is 6.54 Å². The lowest BCUT2D eigenvalue weighted by Crippen LogP contribution is -2.32. The maximum Gasteiger partial charge on any atom is 0.266 e. The third-order valence-corrected chi connectivity index (χ3v) is 4.20. The van der Waals surface area contributed by atoms with Crippen LogP contribution in [0.2, 0.25) is 5.02 Å². The van der Waals surface area contributed by atoms with Crippen molar-refractivity contribution in [2.75, 3.05) is 11.9 Å². The number of benzene rings is 1. The molecule has 5 nitrogen and oxygen atoms in total. The first-order valence-electron chi connectivity index (χ1n) is 6.87. The number of aromatic nitrogens is 1. The van der Waals surface area contributed by atoms with E-state index in [0.29, 0.717) is 33.5 Å². The second-order valence-electron chi connectivity index (χ2n) is 4.41. The molecule has 22 heavy (non-hydrogen) atoms. The molecule has 1 aromatic heterocycles. The molecule has 2 aromatic rings. The van der Waals surface area contributed by atoms with Gasteiger partial charge in [0, 0.05) is 29.9 Å². The number of hydrogen-bond acceptors (Lipinski definition) is 4. The molecule has 0 saturated heterocycles. The fourth-order valence-corrected chi connectivity index (χ4v) is 3.00. The van der Waals surface area contributed by atoms with Crippen molar-refractivity contribution in [3.63, 3.8) is 0 Å². The third kappa shape index (κ3) is 3.84. The Morgan fingerprint density at radius 1 is 1.32 bits per heavy atom. The Morgan fingerprint density at radius 3 is 2.59 bits per heavy atom. The van der Waals surface area contributed by atoms with Crippen molar-refractivity contribution in [1.29, 1.82) is 0 Å². The van der Waals surface area contributed by atoms with Gasteiger partial charge in [0.25, 0.3) is 11.5 Å². The van der Waals surface area contributed by atoms with Gasteiger partial charge in [0.1, 0.15) is 4.88 Å². The van der Waals surface area contributed by atoms with Gasteiger partial charge in [0.2, 0.25) is 0 Å². The molecule has 0 spiro atoms. The van der Waals surface area contributed by atoms with Crippen LogP contribution in [0, 0.1) is 0 Å². The minimum atomic E-state index is -0.333. The van der Waals surface area contributed by atoms with Gasteiger partial charge in [0.15, 0.2) is 4.80 Å². The highest BCUT2D eigenvalue weighted by atomic mass is 35.5. The molecular weight excluding hydrogens is 322 g/mol.